The van der Waals surface area contributed by atoms with Crippen LogP contribution < -0.4 is 0 Å². The Morgan fingerprint density at radius 2 is 1.00 bits per heavy atom. The van der Waals surface area contributed by atoms with Crippen molar-refractivity contribution in [3.8, 4) is 22.6 Å². The number of phenolic OH excluding ortho intramolecular Hbond substituents is 2. The highest BCUT2D eigenvalue weighted by Gasteiger charge is 2.25. The van der Waals surface area contributed by atoms with Crippen LogP contribution in [0.1, 0.15) is 0 Å². The predicted octanol–water partition coefficient (Wildman–Crippen LogP) is 7.34. The lowest BCUT2D eigenvalue weighted by atomic mass is 10.0. The van der Waals surface area contributed by atoms with Crippen molar-refractivity contribution in [2.75, 3.05) is 0 Å². The average molecular weight is 427 g/mol. The van der Waals surface area contributed by atoms with Gasteiger partial charge in [-0.3, -0.25) is 0 Å². The number of phenols is 2. The first kappa shape index (κ1) is 17.4. The number of hydrogen-bond acceptors (Lipinski definition) is 2. The van der Waals surface area contributed by atoms with Crippen LogP contribution in [-0.2, 0) is 0 Å². The van der Waals surface area contributed by atoms with Gasteiger partial charge in [-0.15, -0.1) is 0 Å². The second-order valence-corrected chi connectivity index (χ2v) is 6.54. The molecule has 0 saturated heterocycles. The summed E-state index contributed by atoms with van der Waals surface area (Å²) in [5, 5.41) is 18.5. The van der Waals surface area contributed by atoms with Crippen LogP contribution in [-0.4, -0.2) is 10.2 Å². The summed E-state index contributed by atoms with van der Waals surface area (Å²) in [6.45, 7) is 0. The molecule has 2 aromatic carbocycles. The van der Waals surface area contributed by atoms with Crippen molar-refractivity contribution < 1.29 is 10.2 Å². The highest BCUT2D eigenvalue weighted by atomic mass is 35.5. The van der Waals surface area contributed by atoms with Crippen LogP contribution in [0.3, 0.4) is 0 Å². The Bertz CT molecular complexity index is 729. The number of benzene rings is 2. The Morgan fingerprint density at radius 3 is 1.48 bits per heavy atom. The van der Waals surface area contributed by atoms with Gasteiger partial charge in [0.2, 0.25) is 0 Å². The number of halogens is 7. The normalized spacial score (nSPS) is 11.0. The molecule has 0 unspecified atom stereocenters. The van der Waals surface area contributed by atoms with E-state index in [1.54, 1.807) is 0 Å². The zero-order valence-corrected chi connectivity index (χ0v) is 14.9. The second-order valence-electron chi connectivity index (χ2n) is 3.86. The molecule has 0 amide bonds. The maximum absolute atomic E-state index is 9.70. The van der Waals surface area contributed by atoms with Crippen LogP contribution in [0.25, 0.3) is 11.1 Å². The molecule has 0 aliphatic carbocycles. The lowest BCUT2D eigenvalue weighted by molar-refractivity contribution is 0.475. The Balaban J connectivity index is 2.93. The fourth-order valence-electron chi connectivity index (χ4n) is 1.62. The molecule has 0 aromatic heterocycles. The van der Waals surface area contributed by atoms with Crippen LogP contribution in [0.4, 0.5) is 0 Å². The lowest BCUT2D eigenvalue weighted by Gasteiger charge is -2.15. The van der Waals surface area contributed by atoms with Gasteiger partial charge < -0.3 is 10.2 Å². The SMILES string of the molecule is Oc1c(Cl)cc(-c2c(Cl)c(Cl)c(O)c(Cl)c2Cl)c(Cl)c1Cl. The highest BCUT2D eigenvalue weighted by Crippen LogP contribution is 2.53. The van der Waals surface area contributed by atoms with Crippen LogP contribution in [0.15, 0.2) is 6.07 Å². The summed E-state index contributed by atoms with van der Waals surface area (Å²) in [4.78, 5) is 0. The average Bonchev–Trinajstić information content (AvgIpc) is 2.46. The molecule has 0 aliphatic rings. The highest BCUT2D eigenvalue weighted by molar-refractivity contribution is 6.53. The van der Waals surface area contributed by atoms with Crippen LogP contribution in [0, 0.1) is 0 Å². The quantitative estimate of drug-likeness (QED) is 0.468. The summed E-state index contributed by atoms with van der Waals surface area (Å²) in [7, 11) is 0. The van der Waals surface area contributed by atoms with Crippen LogP contribution >= 0.6 is 81.2 Å². The lowest BCUT2D eigenvalue weighted by Crippen LogP contribution is -1.89. The maximum atomic E-state index is 9.70. The molecule has 21 heavy (non-hydrogen) atoms. The van der Waals surface area contributed by atoms with E-state index in [1.165, 1.54) is 6.07 Å². The number of aromatic hydroxyl groups is 2. The summed E-state index contributed by atoms with van der Waals surface area (Å²) in [6, 6.07) is 1.31. The van der Waals surface area contributed by atoms with Gasteiger partial charge in [-0.05, 0) is 6.07 Å². The molecule has 0 atom stereocenters. The molecule has 112 valence electrons. The molecular weight excluding hydrogens is 424 g/mol. The standard InChI is InChI=1S/C12H3Cl7O2/c13-3-1-2(5(14)8(17)11(3)20)4-6(15)9(18)12(21)10(19)7(4)16/h1,20-21H. The zero-order chi connectivity index (χ0) is 16.1. The maximum Gasteiger partial charge on any atom is 0.155 e. The van der Waals surface area contributed by atoms with Crippen molar-refractivity contribution in [2.45, 2.75) is 0 Å². The molecular formula is C12H3Cl7O2. The summed E-state index contributed by atoms with van der Waals surface area (Å²) in [6.07, 6.45) is 0. The van der Waals surface area contributed by atoms with Crippen molar-refractivity contribution in [2.24, 2.45) is 0 Å². The van der Waals surface area contributed by atoms with E-state index in [2.05, 4.69) is 0 Å². The first-order valence-corrected chi connectivity index (χ1v) is 7.74. The summed E-state index contributed by atoms with van der Waals surface area (Å²) in [5.41, 5.74) is 0.350. The van der Waals surface area contributed by atoms with Gasteiger partial charge in [0.05, 0.1) is 20.1 Å². The fourth-order valence-corrected chi connectivity index (χ4v) is 3.36. The monoisotopic (exact) mass is 424 g/mol. The minimum Gasteiger partial charge on any atom is -0.505 e. The Kier molecular flexibility index (Phi) is 5.22. The van der Waals surface area contributed by atoms with Crippen LogP contribution in [0.5, 0.6) is 11.5 Å². The third-order valence-corrected chi connectivity index (χ3v) is 5.47. The number of rotatable bonds is 1. The van der Waals surface area contributed by atoms with Gasteiger partial charge in [-0.2, -0.15) is 0 Å². The smallest absolute Gasteiger partial charge is 0.155 e. The summed E-state index contributed by atoms with van der Waals surface area (Å²) < 4.78 is 0. The van der Waals surface area contributed by atoms with Gasteiger partial charge in [0.15, 0.2) is 11.5 Å². The third-order valence-electron chi connectivity index (χ3n) is 2.64. The molecule has 0 bridgehead atoms. The van der Waals surface area contributed by atoms with E-state index in [0.29, 0.717) is 0 Å². The van der Waals surface area contributed by atoms with E-state index in [4.69, 9.17) is 81.2 Å². The van der Waals surface area contributed by atoms with Crippen molar-refractivity contribution in [3.05, 3.63) is 41.2 Å². The first-order chi connectivity index (χ1) is 9.68. The van der Waals surface area contributed by atoms with E-state index >= 15 is 0 Å². The largest absolute Gasteiger partial charge is 0.505 e. The van der Waals surface area contributed by atoms with Crippen molar-refractivity contribution in [3.63, 3.8) is 0 Å². The van der Waals surface area contributed by atoms with Crippen molar-refractivity contribution in [1.29, 1.82) is 0 Å². The predicted molar refractivity (Wildman–Crippen MR) is 90.3 cm³/mol. The van der Waals surface area contributed by atoms with E-state index in [1.807, 2.05) is 0 Å². The molecule has 0 spiro atoms. The molecule has 0 heterocycles. The second kappa shape index (κ2) is 6.29. The molecule has 2 N–H and O–H groups in total. The molecule has 2 rings (SSSR count). The van der Waals surface area contributed by atoms with E-state index in [0.717, 1.165) is 0 Å². The molecule has 2 nitrogen and oxygen atoms in total. The minimum absolute atomic E-state index is 0.0415. The van der Waals surface area contributed by atoms with Gasteiger partial charge in [-0.25, -0.2) is 0 Å². The van der Waals surface area contributed by atoms with Gasteiger partial charge >= 0.3 is 0 Å². The zero-order valence-electron chi connectivity index (χ0n) is 9.62. The summed E-state index contributed by atoms with van der Waals surface area (Å²) >= 11 is 41.8. The Hall–Kier alpha value is 0.0700. The molecule has 9 heteroatoms. The van der Waals surface area contributed by atoms with E-state index in [-0.39, 0.29) is 52.0 Å². The van der Waals surface area contributed by atoms with Crippen molar-refractivity contribution >= 4 is 81.2 Å². The van der Waals surface area contributed by atoms with E-state index < -0.39 is 5.75 Å². The van der Waals surface area contributed by atoms with Gasteiger partial charge in [0, 0.05) is 11.1 Å². The molecule has 0 fully saturated rings. The molecule has 0 aliphatic heterocycles. The topological polar surface area (TPSA) is 40.5 Å². The number of hydrogen-bond donors (Lipinski definition) is 2. The fraction of sp³-hybridized carbons (Fsp3) is 0. The molecule has 0 saturated carbocycles. The third kappa shape index (κ3) is 2.84. The minimum atomic E-state index is -0.454. The van der Waals surface area contributed by atoms with Crippen molar-refractivity contribution in [1.82, 2.24) is 0 Å². The molecule has 0 radical (unpaired) electrons. The first-order valence-electron chi connectivity index (χ1n) is 5.10. The van der Waals surface area contributed by atoms with Gasteiger partial charge in [-0.1, -0.05) is 81.2 Å². The Labute approximate surface area is 154 Å². The van der Waals surface area contributed by atoms with Gasteiger partial charge in [0.25, 0.3) is 0 Å². The van der Waals surface area contributed by atoms with E-state index in [9.17, 15) is 10.2 Å². The Morgan fingerprint density at radius 1 is 0.571 bits per heavy atom. The summed E-state index contributed by atoms with van der Waals surface area (Å²) in [5.74, 6) is -0.834. The molecule has 2 aromatic rings. The van der Waals surface area contributed by atoms with Crippen LogP contribution in [0.2, 0.25) is 35.2 Å². The van der Waals surface area contributed by atoms with Gasteiger partial charge in [0.1, 0.15) is 15.1 Å².